The number of ether oxygens (including phenoxy) is 1. The standard InChI is InChI=1S/C19H20F2N2O4/c20-19(21)27-16-5-3-14(4-6-16)9-11-22-18(25)10-12-23-17(24)8-7-15-2-1-13-26-15/h1-8,13,19H,9-12H2,(H,22,25)(H,23,24)/b8-7+. The topological polar surface area (TPSA) is 80.6 Å². The molecule has 2 rings (SSSR count). The van der Waals surface area contributed by atoms with Crippen molar-refractivity contribution >= 4 is 17.9 Å². The highest BCUT2D eigenvalue weighted by Crippen LogP contribution is 2.14. The summed E-state index contributed by atoms with van der Waals surface area (Å²) in [6, 6.07) is 9.67. The number of rotatable bonds is 10. The number of carbonyl (C=O) groups excluding carboxylic acids is 2. The molecule has 0 aliphatic heterocycles. The summed E-state index contributed by atoms with van der Waals surface area (Å²) < 4.78 is 33.5. The van der Waals surface area contributed by atoms with Crippen LogP contribution in [0.4, 0.5) is 8.78 Å². The lowest BCUT2D eigenvalue weighted by Crippen LogP contribution is -2.31. The van der Waals surface area contributed by atoms with Crippen LogP contribution in [-0.4, -0.2) is 31.5 Å². The van der Waals surface area contributed by atoms with Crippen molar-refractivity contribution in [2.75, 3.05) is 13.1 Å². The van der Waals surface area contributed by atoms with E-state index in [1.54, 1.807) is 24.3 Å². The van der Waals surface area contributed by atoms with Crippen LogP contribution in [0.3, 0.4) is 0 Å². The van der Waals surface area contributed by atoms with Gasteiger partial charge in [-0.2, -0.15) is 8.78 Å². The summed E-state index contributed by atoms with van der Waals surface area (Å²) in [4.78, 5) is 23.3. The quantitative estimate of drug-likeness (QED) is 0.623. The molecule has 144 valence electrons. The van der Waals surface area contributed by atoms with Gasteiger partial charge in [0.1, 0.15) is 11.5 Å². The Morgan fingerprint density at radius 2 is 1.89 bits per heavy atom. The van der Waals surface area contributed by atoms with Crippen molar-refractivity contribution in [3.63, 3.8) is 0 Å². The maximum atomic E-state index is 12.1. The monoisotopic (exact) mass is 378 g/mol. The first-order chi connectivity index (χ1) is 13.0. The average Bonchev–Trinajstić information content (AvgIpc) is 3.14. The SMILES string of the molecule is O=C(/C=C/c1ccco1)NCCC(=O)NCCc1ccc(OC(F)F)cc1. The van der Waals surface area contributed by atoms with Crippen molar-refractivity contribution in [2.45, 2.75) is 19.5 Å². The number of nitrogens with one attached hydrogen (secondary N) is 2. The van der Waals surface area contributed by atoms with Crippen LogP contribution in [0.2, 0.25) is 0 Å². The van der Waals surface area contributed by atoms with Gasteiger partial charge < -0.3 is 19.8 Å². The Balaban J connectivity index is 1.58. The van der Waals surface area contributed by atoms with E-state index in [1.807, 2.05) is 0 Å². The third-order valence-electron chi connectivity index (χ3n) is 3.48. The largest absolute Gasteiger partial charge is 0.465 e. The number of halogens is 2. The van der Waals surface area contributed by atoms with Gasteiger partial charge in [0.15, 0.2) is 0 Å². The molecule has 0 fully saturated rings. The number of amides is 2. The molecule has 6 nitrogen and oxygen atoms in total. The van der Waals surface area contributed by atoms with E-state index < -0.39 is 6.61 Å². The van der Waals surface area contributed by atoms with Crippen LogP contribution < -0.4 is 15.4 Å². The molecule has 0 atom stereocenters. The van der Waals surface area contributed by atoms with Crippen molar-refractivity contribution in [3.05, 3.63) is 60.1 Å². The van der Waals surface area contributed by atoms with Crippen LogP contribution in [0, 0.1) is 0 Å². The Kier molecular flexibility index (Phi) is 8.02. The molecule has 0 spiro atoms. The first kappa shape index (κ1) is 20.2. The summed E-state index contributed by atoms with van der Waals surface area (Å²) in [7, 11) is 0. The molecule has 0 aliphatic rings. The summed E-state index contributed by atoms with van der Waals surface area (Å²) in [6.45, 7) is -2.23. The van der Waals surface area contributed by atoms with Gasteiger partial charge in [-0.15, -0.1) is 0 Å². The van der Waals surface area contributed by atoms with Crippen LogP contribution >= 0.6 is 0 Å². The number of hydrogen-bond donors (Lipinski definition) is 2. The maximum absolute atomic E-state index is 12.1. The van der Waals surface area contributed by atoms with Gasteiger partial charge in [-0.1, -0.05) is 12.1 Å². The van der Waals surface area contributed by atoms with E-state index in [2.05, 4.69) is 15.4 Å². The maximum Gasteiger partial charge on any atom is 0.387 e. The molecule has 1 aromatic carbocycles. The lowest BCUT2D eigenvalue weighted by Gasteiger charge is -2.07. The van der Waals surface area contributed by atoms with Crippen molar-refractivity contribution in [1.82, 2.24) is 10.6 Å². The molecule has 1 aromatic heterocycles. The van der Waals surface area contributed by atoms with Gasteiger partial charge >= 0.3 is 6.61 Å². The molecule has 0 unspecified atom stereocenters. The fraction of sp³-hybridized carbons (Fsp3) is 0.263. The molecule has 27 heavy (non-hydrogen) atoms. The third kappa shape index (κ3) is 8.17. The number of furan rings is 1. The van der Waals surface area contributed by atoms with Crippen molar-refractivity contribution < 1.29 is 27.5 Å². The minimum Gasteiger partial charge on any atom is -0.465 e. The summed E-state index contributed by atoms with van der Waals surface area (Å²) in [5.74, 6) is 0.152. The summed E-state index contributed by atoms with van der Waals surface area (Å²) >= 11 is 0. The zero-order valence-electron chi connectivity index (χ0n) is 14.5. The van der Waals surface area contributed by atoms with Crippen LogP contribution in [-0.2, 0) is 16.0 Å². The molecule has 0 radical (unpaired) electrons. The molecule has 0 bridgehead atoms. The van der Waals surface area contributed by atoms with Crippen molar-refractivity contribution in [3.8, 4) is 5.75 Å². The summed E-state index contributed by atoms with van der Waals surface area (Å²) in [5, 5.41) is 5.33. The lowest BCUT2D eigenvalue weighted by molar-refractivity contribution is -0.121. The van der Waals surface area contributed by atoms with Crippen LogP contribution in [0.25, 0.3) is 6.08 Å². The fourth-order valence-corrected chi connectivity index (χ4v) is 2.17. The second-order valence-corrected chi connectivity index (χ2v) is 5.51. The predicted octanol–water partition coefficient (Wildman–Crippen LogP) is 2.76. The Morgan fingerprint density at radius 1 is 1.11 bits per heavy atom. The Labute approximate surface area is 155 Å². The van der Waals surface area contributed by atoms with E-state index in [0.29, 0.717) is 18.7 Å². The highest BCUT2D eigenvalue weighted by molar-refractivity contribution is 5.91. The van der Waals surface area contributed by atoms with Crippen LogP contribution in [0.5, 0.6) is 5.75 Å². The first-order valence-electron chi connectivity index (χ1n) is 8.33. The minimum absolute atomic E-state index is 0.0922. The van der Waals surface area contributed by atoms with Gasteiger partial charge in [-0.05, 0) is 42.3 Å². The Bertz CT molecular complexity index is 744. The van der Waals surface area contributed by atoms with E-state index >= 15 is 0 Å². The van der Waals surface area contributed by atoms with E-state index in [0.717, 1.165) is 5.56 Å². The summed E-state index contributed by atoms with van der Waals surface area (Å²) in [6.07, 6.45) is 5.08. The molecule has 0 aliphatic carbocycles. The van der Waals surface area contributed by atoms with Gasteiger partial charge in [0.25, 0.3) is 0 Å². The molecule has 0 saturated carbocycles. The number of alkyl halides is 2. The second-order valence-electron chi connectivity index (χ2n) is 5.51. The zero-order valence-corrected chi connectivity index (χ0v) is 14.5. The lowest BCUT2D eigenvalue weighted by atomic mass is 10.1. The number of hydrogen-bond acceptors (Lipinski definition) is 4. The van der Waals surface area contributed by atoms with Gasteiger partial charge in [0.2, 0.25) is 11.8 Å². The van der Waals surface area contributed by atoms with Crippen LogP contribution in [0.1, 0.15) is 17.7 Å². The van der Waals surface area contributed by atoms with Crippen molar-refractivity contribution in [2.24, 2.45) is 0 Å². The molecule has 2 aromatic rings. The Hall–Kier alpha value is -3.16. The predicted molar refractivity (Wildman–Crippen MR) is 95.2 cm³/mol. The van der Waals surface area contributed by atoms with E-state index in [-0.39, 0.29) is 30.5 Å². The number of benzene rings is 1. The summed E-state index contributed by atoms with van der Waals surface area (Å²) in [5.41, 5.74) is 0.883. The van der Waals surface area contributed by atoms with E-state index in [4.69, 9.17) is 4.42 Å². The fourth-order valence-electron chi connectivity index (χ4n) is 2.17. The Morgan fingerprint density at radius 3 is 2.56 bits per heavy atom. The smallest absolute Gasteiger partial charge is 0.387 e. The normalized spacial score (nSPS) is 10.9. The van der Waals surface area contributed by atoms with Gasteiger partial charge in [-0.25, -0.2) is 0 Å². The molecular formula is C19H20F2N2O4. The average molecular weight is 378 g/mol. The van der Waals surface area contributed by atoms with Gasteiger partial charge in [-0.3, -0.25) is 9.59 Å². The zero-order chi connectivity index (χ0) is 19.5. The van der Waals surface area contributed by atoms with Crippen molar-refractivity contribution in [1.29, 1.82) is 0 Å². The molecule has 8 heteroatoms. The second kappa shape index (κ2) is 10.7. The van der Waals surface area contributed by atoms with E-state index in [1.165, 1.54) is 30.5 Å². The molecule has 0 saturated heterocycles. The first-order valence-corrected chi connectivity index (χ1v) is 8.33. The number of carbonyl (C=O) groups is 2. The molecule has 2 amide bonds. The van der Waals surface area contributed by atoms with Gasteiger partial charge in [0, 0.05) is 25.6 Å². The molecule has 2 N–H and O–H groups in total. The molecular weight excluding hydrogens is 358 g/mol. The minimum atomic E-state index is -2.85. The molecule has 1 heterocycles. The highest BCUT2D eigenvalue weighted by Gasteiger charge is 2.05. The third-order valence-corrected chi connectivity index (χ3v) is 3.48. The van der Waals surface area contributed by atoms with E-state index in [9.17, 15) is 18.4 Å². The van der Waals surface area contributed by atoms with Crippen LogP contribution in [0.15, 0.2) is 53.2 Å². The van der Waals surface area contributed by atoms with Gasteiger partial charge in [0.05, 0.1) is 6.26 Å². The highest BCUT2D eigenvalue weighted by atomic mass is 19.3.